The Hall–Kier alpha value is -5.27. The van der Waals surface area contributed by atoms with Crippen LogP contribution in [0.3, 0.4) is 0 Å². The van der Waals surface area contributed by atoms with Crippen molar-refractivity contribution in [3.63, 3.8) is 0 Å². The summed E-state index contributed by atoms with van der Waals surface area (Å²) in [5.74, 6) is -1.48. The second-order valence-corrected chi connectivity index (χ2v) is 13.7. The van der Waals surface area contributed by atoms with Crippen LogP contribution in [0.5, 0.6) is 11.5 Å². The number of hydrogen-bond donors (Lipinski definition) is 1. The van der Waals surface area contributed by atoms with Gasteiger partial charge in [0.15, 0.2) is 11.6 Å². The first kappa shape index (κ1) is 34.6. The van der Waals surface area contributed by atoms with Crippen LogP contribution in [0.1, 0.15) is 32.8 Å². The van der Waals surface area contributed by atoms with Gasteiger partial charge in [0.2, 0.25) is 10.9 Å². The van der Waals surface area contributed by atoms with E-state index in [1.807, 2.05) is 39.0 Å². The topological polar surface area (TPSA) is 141 Å². The summed E-state index contributed by atoms with van der Waals surface area (Å²) in [6.07, 6.45) is -0.0911. The van der Waals surface area contributed by atoms with Crippen LogP contribution in [0.2, 0.25) is 0 Å². The van der Waals surface area contributed by atoms with Crippen LogP contribution in [0.15, 0.2) is 65.7 Å². The molecule has 0 aliphatic carbocycles. The number of benzene rings is 3. The molecule has 3 aromatic carbocycles. The molecule has 2 fully saturated rings. The number of thiol groups is 1. The minimum Gasteiger partial charge on any atom is -0.453 e. The predicted molar refractivity (Wildman–Crippen MR) is 182 cm³/mol. The van der Waals surface area contributed by atoms with Crippen molar-refractivity contribution in [2.75, 3.05) is 48.6 Å². The summed E-state index contributed by atoms with van der Waals surface area (Å²) in [6, 6.07) is 15.5. The van der Waals surface area contributed by atoms with E-state index in [0.717, 1.165) is 22.2 Å². The highest BCUT2D eigenvalue weighted by atomic mass is 32.2. The van der Waals surface area contributed by atoms with Crippen molar-refractivity contribution < 1.29 is 31.5 Å². The van der Waals surface area contributed by atoms with Crippen LogP contribution in [-0.4, -0.2) is 85.0 Å². The third kappa shape index (κ3) is 7.19. The number of fused-ring (bicyclic) bond motifs is 1. The van der Waals surface area contributed by atoms with E-state index in [1.165, 1.54) is 34.1 Å². The normalized spacial score (nSPS) is 16.9. The smallest absolute Gasteiger partial charge is 0.410 e. The van der Waals surface area contributed by atoms with Gasteiger partial charge < -0.3 is 19.3 Å². The molecule has 16 heteroatoms. The number of nitriles is 1. The second kappa shape index (κ2) is 13.9. The number of piperazine rings is 1. The molecule has 0 saturated carbocycles. The van der Waals surface area contributed by atoms with E-state index in [4.69, 9.17) is 9.47 Å². The first-order valence-electron chi connectivity index (χ1n) is 15.9. The number of amides is 1. The van der Waals surface area contributed by atoms with E-state index >= 15 is 4.39 Å². The average Bonchev–Trinajstić information content (AvgIpc) is 3.51. The summed E-state index contributed by atoms with van der Waals surface area (Å²) in [5, 5.41) is 11.4. The molecule has 1 atom stereocenters. The van der Waals surface area contributed by atoms with E-state index in [9.17, 15) is 27.7 Å². The number of aromatic nitrogens is 2. The highest BCUT2D eigenvalue weighted by molar-refractivity contribution is 7.73. The molecule has 2 aliphatic rings. The Kier molecular flexibility index (Phi) is 9.63. The fourth-order valence-electron chi connectivity index (χ4n) is 5.90. The van der Waals surface area contributed by atoms with Gasteiger partial charge in [-0.25, -0.2) is 36.4 Å². The highest BCUT2D eigenvalue weighted by Crippen LogP contribution is 2.37. The number of anilines is 2. The van der Waals surface area contributed by atoms with Crippen molar-refractivity contribution in [3.8, 4) is 23.3 Å². The number of halogens is 2. The monoisotopic (exact) mass is 707 g/mol. The van der Waals surface area contributed by atoms with Gasteiger partial charge in [0.1, 0.15) is 35.5 Å². The van der Waals surface area contributed by atoms with Crippen molar-refractivity contribution in [1.82, 2.24) is 19.5 Å². The number of alkyl halides is 1. The number of ether oxygens (including phenoxy) is 2. The standard InChI is InChI=1S/C34H35F2N7O6S/c1-34(2,3)49-33(45)40-16-14-39(15-17-40)23-4-6-24(7-5-23)42-21-38-29-10-8-25(18-26(29)32(42)44)48-31-27(19-37)30(11-9-28(31)36)43(50(46)47)41-13-12-22(35)20-41/h4-11,18,21-22,50H,12-17,20H2,1-3H3/t22-/m1/s1. The SMILES string of the molecule is CC(C)(C)OC(=O)N1CCN(c2ccc(-n3cnc4ccc(Oc5c(F)ccc(N(N6CC[C@@H](F)C6)[SH](=O)=O)c5C#N)cc4c3=O)cc2)CC1. The minimum atomic E-state index is -3.35. The largest absolute Gasteiger partial charge is 0.453 e. The fourth-order valence-corrected chi connectivity index (χ4v) is 6.61. The number of hydrogen-bond acceptors (Lipinski definition) is 10. The molecule has 1 aromatic heterocycles. The first-order valence-corrected chi connectivity index (χ1v) is 17.0. The Bertz CT molecular complexity index is 2100. The Morgan fingerprint density at radius 2 is 1.72 bits per heavy atom. The fraction of sp³-hybridized carbons (Fsp3) is 0.353. The molecule has 13 nitrogen and oxygen atoms in total. The van der Waals surface area contributed by atoms with E-state index in [2.05, 4.69) is 9.88 Å². The Balaban J connectivity index is 1.23. The van der Waals surface area contributed by atoms with Crippen LogP contribution in [-0.2, 0) is 15.6 Å². The van der Waals surface area contributed by atoms with Gasteiger partial charge in [-0.05, 0) is 81.8 Å². The molecule has 1 amide bonds. The van der Waals surface area contributed by atoms with Crippen LogP contribution < -0.4 is 19.6 Å². The molecule has 3 heterocycles. The number of nitrogens with zero attached hydrogens (tertiary/aromatic N) is 7. The summed E-state index contributed by atoms with van der Waals surface area (Å²) < 4.78 is 66.9. The van der Waals surface area contributed by atoms with Crippen molar-refractivity contribution in [3.05, 3.63) is 82.7 Å². The molecule has 2 aliphatic heterocycles. The molecule has 0 spiro atoms. The van der Waals surface area contributed by atoms with Gasteiger partial charge in [-0.15, -0.1) is 0 Å². The Morgan fingerprint density at radius 1 is 1.02 bits per heavy atom. The maximum atomic E-state index is 15.1. The zero-order chi connectivity index (χ0) is 35.7. The summed E-state index contributed by atoms with van der Waals surface area (Å²) in [5.41, 5.74) is 0.202. The molecule has 2 saturated heterocycles. The van der Waals surface area contributed by atoms with Crippen molar-refractivity contribution in [1.29, 1.82) is 5.26 Å². The summed E-state index contributed by atoms with van der Waals surface area (Å²) >= 11 is 0. The van der Waals surface area contributed by atoms with E-state index < -0.39 is 45.4 Å². The maximum absolute atomic E-state index is 15.1. The Morgan fingerprint density at radius 3 is 2.34 bits per heavy atom. The van der Waals surface area contributed by atoms with Gasteiger partial charge in [0, 0.05) is 38.4 Å². The predicted octanol–water partition coefficient (Wildman–Crippen LogP) is 4.54. The molecule has 262 valence electrons. The summed E-state index contributed by atoms with van der Waals surface area (Å²) in [4.78, 5) is 34.3. The summed E-state index contributed by atoms with van der Waals surface area (Å²) in [6.45, 7) is 7.61. The van der Waals surface area contributed by atoms with E-state index in [1.54, 1.807) is 17.0 Å². The molecule has 4 aromatic rings. The lowest BCUT2D eigenvalue weighted by atomic mass is 10.1. The first-order chi connectivity index (χ1) is 23.8. The van der Waals surface area contributed by atoms with Crippen LogP contribution >= 0.6 is 0 Å². The lowest BCUT2D eigenvalue weighted by molar-refractivity contribution is 0.0240. The maximum Gasteiger partial charge on any atom is 0.410 e. The zero-order valence-corrected chi connectivity index (χ0v) is 28.5. The Labute approximate surface area is 288 Å². The third-order valence-corrected chi connectivity index (χ3v) is 9.10. The molecule has 6 rings (SSSR count). The highest BCUT2D eigenvalue weighted by Gasteiger charge is 2.32. The van der Waals surface area contributed by atoms with Gasteiger partial charge in [0.05, 0.1) is 28.8 Å². The van der Waals surface area contributed by atoms with Gasteiger partial charge >= 0.3 is 6.09 Å². The lowest BCUT2D eigenvalue weighted by Gasteiger charge is -2.36. The molecular weight excluding hydrogens is 672 g/mol. The van der Waals surface area contributed by atoms with Crippen LogP contribution in [0.4, 0.5) is 25.0 Å². The van der Waals surface area contributed by atoms with E-state index in [0.29, 0.717) is 37.4 Å². The lowest BCUT2D eigenvalue weighted by Crippen LogP contribution is -2.50. The summed E-state index contributed by atoms with van der Waals surface area (Å²) in [7, 11) is -3.35. The molecule has 0 radical (unpaired) electrons. The third-order valence-electron chi connectivity index (χ3n) is 8.32. The molecule has 0 N–H and O–H groups in total. The van der Waals surface area contributed by atoms with Gasteiger partial charge in [-0.1, -0.05) is 0 Å². The molecule has 0 unspecified atom stereocenters. The van der Waals surface area contributed by atoms with Crippen molar-refractivity contribution >= 4 is 39.3 Å². The number of carbonyl (C=O) groups excluding carboxylic acids is 1. The number of rotatable bonds is 7. The number of hydrazine groups is 1. The average molecular weight is 708 g/mol. The van der Waals surface area contributed by atoms with Gasteiger partial charge in [-0.2, -0.15) is 5.26 Å². The zero-order valence-electron chi connectivity index (χ0n) is 27.6. The van der Waals surface area contributed by atoms with Gasteiger partial charge in [-0.3, -0.25) is 9.36 Å². The van der Waals surface area contributed by atoms with Crippen molar-refractivity contribution in [2.45, 2.75) is 39.0 Å². The van der Waals surface area contributed by atoms with Crippen LogP contribution in [0.25, 0.3) is 16.6 Å². The quantitative estimate of drug-likeness (QED) is 0.272. The second-order valence-electron chi connectivity index (χ2n) is 12.9. The molecule has 0 bridgehead atoms. The van der Waals surface area contributed by atoms with Gasteiger partial charge in [0.25, 0.3) is 5.56 Å². The van der Waals surface area contributed by atoms with Crippen molar-refractivity contribution in [2.24, 2.45) is 0 Å². The molecular formula is C34H35F2N7O6S. The number of carbonyl (C=O) groups is 1. The van der Waals surface area contributed by atoms with E-state index in [-0.39, 0.29) is 42.4 Å². The van der Waals surface area contributed by atoms with Crippen LogP contribution in [0, 0.1) is 17.1 Å². The molecule has 50 heavy (non-hydrogen) atoms. The minimum absolute atomic E-state index is 0.00521.